The van der Waals surface area contributed by atoms with Crippen molar-refractivity contribution in [1.29, 1.82) is 0 Å². The number of rotatable bonds is 7. The number of ether oxygens (including phenoxy) is 3. The fraction of sp³-hybridized carbons (Fsp3) is 0.316. The van der Waals surface area contributed by atoms with E-state index in [9.17, 15) is 9.59 Å². The van der Waals surface area contributed by atoms with Gasteiger partial charge >= 0.3 is 5.97 Å². The predicted molar refractivity (Wildman–Crippen MR) is 106 cm³/mol. The molecule has 8 nitrogen and oxygen atoms in total. The summed E-state index contributed by atoms with van der Waals surface area (Å²) in [5.74, 6) is -0.174. The van der Waals surface area contributed by atoms with Crippen LogP contribution in [0.3, 0.4) is 0 Å². The molecule has 2 N–H and O–H groups in total. The molecule has 2 aliphatic heterocycles. The molecule has 0 radical (unpaired) electrons. The van der Waals surface area contributed by atoms with Gasteiger partial charge in [-0.2, -0.15) is 0 Å². The Bertz CT molecular complexity index is 894. The number of aliphatic imine (C=N–C) groups is 1. The first-order chi connectivity index (χ1) is 13.5. The fourth-order valence-electron chi connectivity index (χ4n) is 3.02. The number of carbonyl (C=O) groups excluding carboxylic acids is 2. The zero-order valence-electron chi connectivity index (χ0n) is 15.8. The van der Waals surface area contributed by atoms with E-state index in [2.05, 4.69) is 4.99 Å². The summed E-state index contributed by atoms with van der Waals surface area (Å²) in [7, 11) is 1.50. The standard InChI is InChI=1S/C19H21N3O5S/c1-4-26-18(24)16-11(2)21-19-22(7-8-28-19)17(16)12-5-6-13(14(9-12)25-3)27-10-15(20)23/h5-9,17H,4,10H2,1-3H3,(H2,20,23)/t17-/m0/s1. The van der Waals surface area contributed by atoms with E-state index < -0.39 is 17.9 Å². The molecule has 0 aromatic heterocycles. The first kappa shape index (κ1) is 19.8. The summed E-state index contributed by atoms with van der Waals surface area (Å²) in [6, 6.07) is 4.85. The Balaban J connectivity index is 2.03. The zero-order valence-corrected chi connectivity index (χ0v) is 16.6. The van der Waals surface area contributed by atoms with E-state index in [0.29, 0.717) is 22.8 Å². The Morgan fingerprint density at radius 3 is 2.79 bits per heavy atom. The molecule has 1 atom stereocenters. The molecule has 3 rings (SSSR count). The Hall–Kier alpha value is -2.94. The maximum absolute atomic E-state index is 12.7. The third kappa shape index (κ3) is 3.84. The van der Waals surface area contributed by atoms with E-state index in [0.717, 1.165) is 10.7 Å². The van der Waals surface area contributed by atoms with Gasteiger partial charge in [0.25, 0.3) is 5.91 Å². The lowest BCUT2D eigenvalue weighted by atomic mass is 9.94. The van der Waals surface area contributed by atoms with Gasteiger partial charge in [0.05, 0.1) is 31.0 Å². The molecule has 0 spiro atoms. The van der Waals surface area contributed by atoms with Crippen LogP contribution < -0.4 is 15.2 Å². The van der Waals surface area contributed by atoms with Gasteiger partial charge in [0, 0.05) is 6.20 Å². The minimum atomic E-state index is -0.582. The summed E-state index contributed by atoms with van der Waals surface area (Å²) in [6.45, 7) is 3.57. The quantitative estimate of drug-likeness (QED) is 0.697. The smallest absolute Gasteiger partial charge is 0.338 e. The number of amides is 1. The predicted octanol–water partition coefficient (Wildman–Crippen LogP) is 2.33. The number of esters is 1. The number of allylic oxidation sites excluding steroid dienone is 1. The van der Waals surface area contributed by atoms with E-state index in [1.165, 1.54) is 18.9 Å². The van der Waals surface area contributed by atoms with E-state index in [4.69, 9.17) is 19.9 Å². The molecule has 148 valence electrons. The number of benzene rings is 1. The zero-order chi connectivity index (χ0) is 20.3. The van der Waals surface area contributed by atoms with Crippen molar-refractivity contribution in [2.75, 3.05) is 20.3 Å². The Morgan fingerprint density at radius 1 is 1.32 bits per heavy atom. The summed E-state index contributed by atoms with van der Waals surface area (Å²) in [5.41, 5.74) is 7.01. The van der Waals surface area contributed by atoms with Crippen molar-refractivity contribution in [2.24, 2.45) is 10.7 Å². The van der Waals surface area contributed by atoms with Crippen LogP contribution in [0.15, 0.2) is 46.1 Å². The lowest BCUT2D eigenvalue weighted by Crippen LogP contribution is -2.34. The molecule has 0 unspecified atom stereocenters. The highest BCUT2D eigenvalue weighted by atomic mass is 32.2. The van der Waals surface area contributed by atoms with Gasteiger partial charge in [0.15, 0.2) is 23.3 Å². The molecule has 28 heavy (non-hydrogen) atoms. The maximum atomic E-state index is 12.7. The van der Waals surface area contributed by atoms with Crippen molar-refractivity contribution in [3.8, 4) is 11.5 Å². The molecule has 9 heteroatoms. The lowest BCUT2D eigenvalue weighted by molar-refractivity contribution is -0.139. The second-order valence-corrected chi connectivity index (χ2v) is 6.87. The monoisotopic (exact) mass is 403 g/mol. The molecular formula is C19H21N3O5S. The lowest BCUT2D eigenvalue weighted by Gasteiger charge is -2.33. The third-order valence-corrected chi connectivity index (χ3v) is 4.96. The van der Waals surface area contributed by atoms with Gasteiger partial charge in [-0.25, -0.2) is 9.79 Å². The van der Waals surface area contributed by atoms with Gasteiger partial charge in [0.1, 0.15) is 0 Å². The van der Waals surface area contributed by atoms with Crippen molar-refractivity contribution in [3.05, 3.63) is 46.6 Å². The number of hydrogen-bond acceptors (Lipinski definition) is 8. The van der Waals surface area contributed by atoms with E-state index in [1.54, 1.807) is 26.0 Å². The molecule has 0 saturated heterocycles. The highest BCUT2D eigenvalue weighted by Crippen LogP contribution is 2.43. The molecule has 1 aromatic carbocycles. The van der Waals surface area contributed by atoms with Crippen LogP contribution in [0.2, 0.25) is 0 Å². The number of amidine groups is 1. The highest BCUT2D eigenvalue weighted by molar-refractivity contribution is 8.16. The summed E-state index contributed by atoms with van der Waals surface area (Å²) in [4.78, 5) is 30.1. The van der Waals surface area contributed by atoms with Crippen molar-refractivity contribution < 1.29 is 23.8 Å². The summed E-state index contributed by atoms with van der Waals surface area (Å²) in [6.07, 6.45) is 1.88. The average molecular weight is 403 g/mol. The second-order valence-electron chi connectivity index (χ2n) is 5.99. The summed E-state index contributed by atoms with van der Waals surface area (Å²) in [5, 5.41) is 2.69. The first-order valence-electron chi connectivity index (χ1n) is 8.63. The van der Waals surface area contributed by atoms with Gasteiger partial charge in [-0.15, -0.1) is 0 Å². The van der Waals surface area contributed by atoms with Gasteiger partial charge in [-0.05, 0) is 37.0 Å². The van der Waals surface area contributed by atoms with Gasteiger partial charge in [-0.1, -0.05) is 17.8 Å². The first-order valence-corrected chi connectivity index (χ1v) is 9.51. The van der Waals surface area contributed by atoms with Crippen LogP contribution in [0.1, 0.15) is 25.5 Å². The molecule has 2 heterocycles. The molecule has 1 aromatic rings. The number of hydrogen-bond donors (Lipinski definition) is 1. The maximum Gasteiger partial charge on any atom is 0.338 e. The molecular weight excluding hydrogens is 382 g/mol. The van der Waals surface area contributed by atoms with Crippen LogP contribution in [-0.4, -0.2) is 42.3 Å². The van der Waals surface area contributed by atoms with Gasteiger partial charge in [0.2, 0.25) is 0 Å². The molecule has 0 saturated carbocycles. The number of fused-ring (bicyclic) bond motifs is 1. The van der Waals surface area contributed by atoms with Gasteiger partial charge in [-0.3, -0.25) is 4.79 Å². The molecule has 0 bridgehead atoms. The topological polar surface area (TPSA) is 103 Å². The SMILES string of the molecule is CCOC(=O)C1=C(C)N=C2SC=CN2[C@H]1c1ccc(OCC(N)=O)c(OC)c1. The average Bonchev–Trinajstić information content (AvgIpc) is 3.13. The van der Waals surface area contributed by atoms with Crippen molar-refractivity contribution in [3.63, 3.8) is 0 Å². The molecule has 0 aliphatic carbocycles. The van der Waals surface area contributed by atoms with Crippen LogP contribution in [0.25, 0.3) is 0 Å². The number of primary amides is 1. The third-order valence-electron chi connectivity index (χ3n) is 4.19. The van der Waals surface area contributed by atoms with Crippen LogP contribution >= 0.6 is 11.8 Å². The Labute approximate surface area is 167 Å². The normalized spacial score (nSPS) is 17.9. The van der Waals surface area contributed by atoms with E-state index >= 15 is 0 Å². The molecule has 0 fully saturated rings. The number of thioether (sulfide) groups is 1. The van der Waals surface area contributed by atoms with Crippen LogP contribution in [0, 0.1) is 0 Å². The minimum Gasteiger partial charge on any atom is -0.493 e. The number of methoxy groups -OCH3 is 1. The molecule has 1 amide bonds. The number of carbonyl (C=O) groups is 2. The van der Waals surface area contributed by atoms with E-state index in [1.807, 2.05) is 22.6 Å². The van der Waals surface area contributed by atoms with Crippen molar-refractivity contribution in [1.82, 2.24) is 4.90 Å². The highest BCUT2D eigenvalue weighted by Gasteiger charge is 2.37. The minimum absolute atomic E-state index is 0.255. The van der Waals surface area contributed by atoms with E-state index in [-0.39, 0.29) is 13.2 Å². The Morgan fingerprint density at radius 2 is 2.11 bits per heavy atom. The largest absolute Gasteiger partial charge is 0.493 e. The van der Waals surface area contributed by atoms with Crippen LogP contribution in [-0.2, 0) is 14.3 Å². The number of nitrogens with two attached hydrogens (primary N) is 1. The van der Waals surface area contributed by atoms with Gasteiger partial charge < -0.3 is 24.8 Å². The van der Waals surface area contributed by atoms with Crippen LogP contribution in [0.5, 0.6) is 11.5 Å². The summed E-state index contributed by atoms with van der Waals surface area (Å²) < 4.78 is 16.1. The molecule has 2 aliphatic rings. The number of nitrogens with zero attached hydrogens (tertiary/aromatic N) is 2. The summed E-state index contributed by atoms with van der Waals surface area (Å²) >= 11 is 1.48. The van der Waals surface area contributed by atoms with Crippen molar-refractivity contribution in [2.45, 2.75) is 19.9 Å². The van der Waals surface area contributed by atoms with Crippen molar-refractivity contribution >= 4 is 28.8 Å². The Kier molecular flexibility index (Phi) is 5.93. The second kappa shape index (κ2) is 8.39. The fourth-order valence-corrected chi connectivity index (χ4v) is 3.81. The van der Waals surface area contributed by atoms with Crippen LogP contribution in [0.4, 0.5) is 0 Å².